The van der Waals surface area contributed by atoms with Gasteiger partial charge >= 0.3 is 5.97 Å². The van der Waals surface area contributed by atoms with E-state index < -0.39 is 5.97 Å². The second-order valence-corrected chi connectivity index (χ2v) is 6.68. The zero-order chi connectivity index (χ0) is 20.4. The number of benzene rings is 1. The molecule has 2 N–H and O–H groups in total. The number of anilines is 1. The Morgan fingerprint density at radius 3 is 2.64 bits per heavy atom. The van der Waals surface area contributed by atoms with E-state index in [0.717, 1.165) is 22.4 Å². The standard InChI is InChI=1S/C20H25N3O5/c1-5-27-15-8-7-13(19(11(15)3)28-6-2)14-9-16(24)21-20-18(14)12(4)22-23(20)10-17(25)26/h7-8,14H,5-6,9-10H2,1-4H3,(H,21,24)(H,25,26)/t14-/m0/s1. The van der Waals surface area contributed by atoms with Gasteiger partial charge in [0, 0.05) is 29.0 Å². The van der Waals surface area contributed by atoms with Crippen molar-refractivity contribution in [3.05, 3.63) is 34.5 Å². The van der Waals surface area contributed by atoms with E-state index in [1.807, 2.05) is 39.8 Å². The van der Waals surface area contributed by atoms with Gasteiger partial charge < -0.3 is 19.9 Å². The molecule has 0 aliphatic carbocycles. The number of rotatable bonds is 7. The van der Waals surface area contributed by atoms with E-state index >= 15 is 0 Å². The summed E-state index contributed by atoms with van der Waals surface area (Å²) in [6, 6.07) is 3.81. The molecule has 0 saturated carbocycles. The van der Waals surface area contributed by atoms with Crippen molar-refractivity contribution < 1.29 is 24.2 Å². The van der Waals surface area contributed by atoms with Crippen LogP contribution in [0.3, 0.4) is 0 Å². The molecule has 0 bridgehead atoms. The van der Waals surface area contributed by atoms with Crippen LogP contribution >= 0.6 is 0 Å². The van der Waals surface area contributed by atoms with Crippen molar-refractivity contribution in [3.8, 4) is 11.5 Å². The number of aliphatic carboxylic acids is 1. The zero-order valence-corrected chi connectivity index (χ0v) is 16.5. The minimum Gasteiger partial charge on any atom is -0.493 e. The summed E-state index contributed by atoms with van der Waals surface area (Å²) in [5, 5.41) is 16.3. The first-order chi connectivity index (χ1) is 13.4. The third-order valence-electron chi connectivity index (χ3n) is 4.81. The molecular formula is C20H25N3O5. The Hall–Kier alpha value is -3.03. The van der Waals surface area contributed by atoms with Gasteiger partial charge in [0.1, 0.15) is 23.9 Å². The van der Waals surface area contributed by atoms with Gasteiger partial charge in [0.2, 0.25) is 5.91 Å². The average molecular weight is 387 g/mol. The summed E-state index contributed by atoms with van der Waals surface area (Å²) in [6.07, 6.45) is 0.236. The van der Waals surface area contributed by atoms with Gasteiger partial charge in [-0.15, -0.1) is 0 Å². The first kappa shape index (κ1) is 19.7. The summed E-state index contributed by atoms with van der Waals surface area (Å²) in [4.78, 5) is 23.6. The predicted molar refractivity (Wildman–Crippen MR) is 103 cm³/mol. The van der Waals surface area contributed by atoms with Gasteiger partial charge in [-0.2, -0.15) is 5.10 Å². The second-order valence-electron chi connectivity index (χ2n) is 6.68. The number of carbonyl (C=O) groups excluding carboxylic acids is 1. The Morgan fingerprint density at radius 1 is 1.29 bits per heavy atom. The number of amides is 1. The van der Waals surface area contributed by atoms with Crippen molar-refractivity contribution in [1.29, 1.82) is 0 Å². The van der Waals surface area contributed by atoms with Crippen LogP contribution in [-0.2, 0) is 16.1 Å². The summed E-state index contributed by atoms with van der Waals surface area (Å²) in [7, 11) is 0. The van der Waals surface area contributed by atoms with Crippen LogP contribution in [0.2, 0.25) is 0 Å². The lowest BCUT2D eigenvalue weighted by atomic mass is 9.84. The van der Waals surface area contributed by atoms with Crippen LogP contribution < -0.4 is 14.8 Å². The van der Waals surface area contributed by atoms with Crippen LogP contribution in [0.15, 0.2) is 12.1 Å². The van der Waals surface area contributed by atoms with Crippen LogP contribution in [-0.4, -0.2) is 40.0 Å². The van der Waals surface area contributed by atoms with Gasteiger partial charge in [-0.05, 0) is 33.8 Å². The van der Waals surface area contributed by atoms with E-state index in [0.29, 0.717) is 30.5 Å². The average Bonchev–Trinajstić information content (AvgIpc) is 2.93. The van der Waals surface area contributed by atoms with Crippen LogP contribution in [0.1, 0.15) is 48.6 Å². The van der Waals surface area contributed by atoms with Gasteiger partial charge in [-0.1, -0.05) is 6.07 Å². The summed E-state index contributed by atoms with van der Waals surface area (Å²) in [5.41, 5.74) is 3.27. The molecule has 1 aromatic carbocycles. The number of hydrogen-bond donors (Lipinski definition) is 2. The van der Waals surface area contributed by atoms with E-state index in [9.17, 15) is 9.59 Å². The maximum atomic E-state index is 12.4. The van der Waals surface area contributed by atoms with E-state index in [1.165, 1.54) is 4.68 Å². The highest BCUT2D eigenvalue weighted by Gasteiger charge is 2.34. The molecule has 0 saturated heterocycles. The van der Waals surface area contributed by atoms with E-state index in [1.54, 1.807) is 0 Å². The lowest BCUT2D eigenvalue weighted by Crippen LogP contribution is -2.26. The number of carbonyl (C=O) groups is 2. The zero-order valence-electron chi connectivity index (χ0n) is 16.5. The number of nitrogens with one attached hydrogen (secondary N) is 1. The third kappa shape index (κ3) is 3.54. The molecule has 0 radical (unpaired) electrons. The predicted octanol–water partition coefficient (Wildman–Crippen LogP) is 2.86. The normalized spacial score (nSPS) is 15.7. The van der Waals surface area contributed by atoms with Crippen LogP contribution in [0, 0.1) is 13.8 Å². The Balaban J connectivity index is 2.15. The molecule has 1 aliphatic heterocycles. The Kier molecular flexibility index (Phi) is 5.58. The van der Waals surface area contributed by atoms with Crippen molar-refractivity contribution in [2.24, 2.45) is 0 Å². The van der Waals surface area contributed by atoms with Crippen molar-refractivity contribution in [3.63, 3.8) is 0 Å². The number of fused-ring (bicyclic) bond motifs is 1. The third-order valence-corrected chi connectivity index (χ3v) is 4.81. The Labute approximate surface area is 163 Å². The highest BCUT2D eigenvalue weighted by atomic mass is 16.5. The van der Waals surface area contributed by atoms with Crippen molar-refractivity contribution in [2.75, 3.05) is 18.5 Å². The molecule has 1 aliphatic rings. The largest absolute Gasteiger partial charge is 0.493 e. The summed E-state index contributed by atoms with van der Waals surface area (Å²) in [6.45, 7) is 8.30. The minimum atomic E-state index is -1.02. The fourth-order valence-corrected chi connectivity index (χ4v) is 3.74. The lowest BCUT2D eigenvalue weighted by Gasteiger charge is -2.27. The smallest absolute Gasteiger partial charge is 0.325 e. The number of carboxylic acids is 1. The van der Waals surface area contributed by atoms with E-state index in [-0.39, 0.29) is 24.8 Å². The summed E-state index contributed by atoms with van der Waals surface area (Å²) < 4.78 is 13.0. The molecule has 1 amide bonds. The number of nitrogens with zero attached hydrogens (tertiary/aromatic N) is 2. The molecule has 8 heteroatoms. The van der Waals surface area contributed by atoms with Crippen LogP contribution in [0.5, 0.6) is 11.5 Å². The molecular weight excluding hydrogens is 362 g/mol. The summed E-state index contributed by atoms with van der Waals surface area (Å²) >= 11 is 0. The maximum Gasteiger partial charge on any atom is 0.325 e. The van der Waals surface area contributed by atoms with Gasteiger partial charge in [0.05, 0.1) is 18.9 Å². The number of aromatic nitrogens is 2. The SMILES string of the molecule is CCOc1ccc([C@@H]2CC(=O)Nc3c2c(C)nn3CC(=O)O)c(OCC)c1C. The van der Waals surface area contributed by atoms with Crippen molar-refractivity contribution in [2.45, 2.75) is 46.6 Å². The van der Waals surface area contributed by atoms with Crippen LogP contribution in [0.4, 0.5) is 5.82 Å². The van der Waals surface area contributed by atoms with Crippen molar-refractivity contribution in [1.82, 2.24) is 9.78 Å². The molecule has 1 atom stereocenters. The molecule has 2 heterocycles. The fourth-order valence-electron chi connectivity index (χ4n) is 3.74. The highest BCUT2D eigenvalue weighted by Crippen LogP contribution is 2.45. The molecule has 150 valence electrons. The number of carboxylic acid groups (broad SMARTS) is 1. The summed E-state index contributed by atoms with van der Waals surface area (Å²) in [5.74, 6) is 0.405. The molecule has 28 heavy (non-hydrogen) atoms. The first-order valence-corrected chi connectivity index (χ1v) is 9.35. The van der Waals surface area contributed by atoms with Gasteiger partial charge in [0.15, 0.2) is 0 Å². The van der Waals surface area contributed by atoms with E-state index in [2.05, 4.69) is 10.4 Å². The van der Waals surface area contributed by atoms with Crippen LogP contribution in [0.25, 0.3) is 0 Å². The fraction of sp³-hybridized carbons (Fsp3) is 0.450. The number of hydrogen-bond acceptors (Lipinski definition) is 5. The highest BCUT2D eigenvalue weighted by molar-refractivity contribution is 5.95. The Morgan fingerprint density at radius 2 is 2.00 bits per heavy atom. The van der Waals surface area contributed by atoms with Gasteiger partial charge in [-0.3, -0.25) is 9.59 Å². The molecule has 3 rings (SSSR count). The topological polar surface area (TPSA) is 103 Å². The first-order valence-electron chi connectivity index (χ1n) is 9.35. The molecule has 0 spiro atoms. The molecule has 1 aromatic heterocycles. The maximum absolute atomic E-state index is 12.4. The second kappa shape index (κ2) is 7.92. The molecule has 0 unspecified atom stereocenters. The minimum absolute atomic E-state index is 0.182. The van der Waals surface area contributed by atoms with Gasteiger partial charge in [0.25, 0.3) is 0 Å². The number of ether oxygens (including phenoxy) is 2. The Bertz CT molecular complexity index is 919. The monoisotopic (exact) mass is 387 g/mol. The molecule has 2 aromatic rings. The number of aryl methyl sites for hydroxylation is 1. The van der Waals surface area contributed by atoms with Crippen molar-refractivity contribution >= 4 is 17.7 Å². The molecule has 0 fully saturated rings. The lowest BCUT2D eigenvalue weighted by molar-refractivity contribution is -0.137. The van der Waals surface area contributed by atoms with E-state index in [4.69, 9.17) is 14.6 Å². The molecule has 8 nitrogen and oxygen atoms in total. The van der Waals surface area contributed by atoms with Gasteiger partial charge in [-0.25, -0.2) is 4.68 Å². The quantitative estimate of drug-likeness (QED) is 0.757.